The second-order valence-electron chi connectivity index (χ2n) is 2.86. The first kappa shape index (κ1) is 7.03. The van der Waals surface area contributed by atoms with Gasteiger partial charge < -0.3 is 10.3 Å². The lowest BCUT2D eigenvalue weighted by molar-refractivity contribution is 0.199. The Morgan fingerprint density at radius 2 is 2.08 bits per heavy atom. The summed E-state index contributed by atoms with van der Waals surface area (Å²) in [5.41, 5.74) is 1.63. The third-order valence-electron chi connectivity index (χ3n) is 1.97. The van der Waals surface area contributed by atoms with E-state index in [4.69, 9.17) is 5.11 Å². The molecule has 1 heterocycles. The Bertz CT molecular complexity index is 431. The summed E-state index contributed by atoms with van der Waals surface area (Å²) in [5, 5.41) is 19.4. The van der Waals surface area contributed by atoms with Crippen LogP contribution < -0.4 is 0 Å². The minimum Gasteiger partial charge on any atom is -0.508 e. The van der Waals surface area contributed by atoms with Crippen molar-refractivity contribution in [3.8, 4) is 5.75 Å². The maximum Gasteiger partial charge on any atom is 0.117 e. The van der Waals surface area contributed by atoms with Gasteiger partial charge in [0.15, 0.2) is 0 Å². The quantitative estimate of drug-likeness (QED) is 0.582. The highest BCUT2D eigenvalue weighted by molar-refractivity contribution is 5.84. The topological polar surface area (TPSA) is 45.4 Å². The first-order valence-corrected chi connectivity index (χ1v) is 3.68. The molecule has 0 spiro atoms. The van der Waals surface area contributed by atoms with Gasteiger partial charge in [0.05, 0.1) is 5.52 Å². The van der Waals surface area contributed by atoms with Crippen molar-refractivity contribution in [3.63, 3.8) is 0 Å². The van der Waals surface area contributed by atoms with Crippen LogP contribution in [0.5, 0.6) is 5.75 Å². The number of phenols is 1. The Morgan fingerprint density at radius 1 is 1.33 bits per heavy atom. The van der Waals surface area contributed by atoms with E-state index < -0.39 is 0 Å². The minimum absolute atomic E-state index is 0.163. The smallest absolute Gasteiger partial charge is 0.117 e. The molecule has 2 rings (SSSR count). The fraction of sp³-hybridized carbons (Fsp3) is 0.111. The van der Waals surface area contributed by atoms with Gasteiger partial charge in [0.25, 0.3) is 0 Å². The maximum atomic E-state index is 9.32. The number of nitrogens with zero attached hydrogens (tertiary/aromatic N) is 1. The zero-order valence-corrected chi connectivity index (χ0v) is 6.65. The Labute approximate surface area is 69.4 Å². The molecule has 12 heavy (non-hydrogen) atoms. The summed E-state index contributed by atoms with van der Waals surface area (Å²) in [6, 6.07) is 4.92. The number of hydrogen-bond acceptors (Lipinski definition) is 2. The van der Waals surface area contributed by atoms with Crippen molar-refractivity contribution in [2.24, 2.45) is 0 Å². The van der Waals surface area contributed by atoms with Crippen molar-refractivity contribution in [1.82, 2.24) is 4.73 Å². The Hall–Kier alpha value is -1.64. The van der Waals surface area contributed by atoms with Crippen LogP contribution in [0, 0.1) is 6.92 Å². The standard InChI is InChI=1S/C9H9NO2/c1-6-5-10(12)9-4-7(11)2-3-8(6)9/h2-5,11-12H,1H3. The third-order valence-corrected chi connectivity index (χ3v) is 1.97. The highest BCUT2D eigenvalue weighted by atomic mass is 16.5. The molecule has 2 aromatic rings. The average molecular weight is 163 g/mol. The number of fused-ring (bicyclic) bond motifs is 1. The van der Waals surface area contributed by atoms with E-state index in [-0.39, 0.29) is 5.75 Å². The largest absolute Gasteiger partial charge is 0.508 e. The van der Waals surface area contributed by atoms with Crippen molar-refractivity contribution in [2.45, 2.75) is 6.92 Å². The van der Waals surface area contributed by atoms with Crippen LogP contribution in [0.2, 0.25) is 0 Å². The van der Waals surface area contributed by atoms with Gasteiger partial charge in [0.1, 0.15) is 5.75 Å². The minimum atomic E-state index is 0.163. The molecule has 0 aliphatic heterocycles. The molecule has 0 unspecified atom stereocenters. The van der Waals surface area contributed by atoms with Crippen LogP contribution in [-0.4, -0.2) is 15.0 Å². The van der Waals surface area contributed by atoms with Crippen LogP contribution in [0.4, 0.5) is 0 Å². The molecule has 3 nitrogen and oxygen atoms in total. The number of benzene rings is 1. The molecule has 0 fully saturated rings. The van der Waals surface area contributed by atoms with Crippen LogP contribution in [0.15, 0.2) is 24.4 Å². The molecule has 0 radical (unpaired) electrons. The molecule has 2 N–H and O–H groups in total. The van der Waals surface area contributed by atoms with Crippen LogP contribution in [0.1, 0.15) is 5.56 Å². The number of aryl methyl sites for hydroxylation is 1. The first-order valence-electron chi connectivity index (χ1n) is 3.68. The van der Waals surface area contributed by atoms with Gasteiger partial charge >= 0.3 is 0 Å². The summed E-state index contributed by atoms with van der Waals surface area (Å²) in [6.07, 6.45) is 1.62. The van der Waals surface area contributed by atoms with Gasteiger partial charge in [-0.3, -0.25) is 0 Å². The summed E-state index contributed by atoms with van der Waals surface area (Å²) < 4.78 is 1.02. The zero-order valence-electron chi connectivity index (χ0n) is 6.65. The molecule has 0 atom stereocenters. The molecule has 0 aliphatic carbocycles. The van der Waals surface area contributed by atoms with Gasteiger partial charge in [-0.1, -0.05) is 0 Å². The lowest BCUT2D eigenvalue weighted by Gasteiger charge is -1.95. The summed E-state index contributed by atoms with van der Waals surface area (Å²) in [7, 11) is 0. The van der Waals surface area contributed by atoms with Crippen molar-refractivity contribution in [1.29, 1.82) is 0 Å². The van der Waals surface area contributed by atoms with E-state index in [0.29, 0.717) is 5.52 Å². The number of aromatic nitrogens is 1. The predicted molar refractivity (Wildman–Crippen MR) is 45.5 cm³/mol. The van der Waals surface area contributed by atoms with E-state index in [1.807, 2.05) is 6.92 Å². The molecule has 0 bridgehead atoms. The highest BCUT2D eigenvalue weighted by Gasteiger charge is 2.03. The van der Waals surface area contributed by atoms with E-state index in [1.54, 1.807) is 18.3 Å². The SMILES string of the molecule is Cc1cn(O)c2cc(O)ccc12. The number of hydrogen-bond donors (Lipinski definition) is 2. The van der Waals surface area contributed by atoms with Gasteiger partial charge in [0.2, 0.25) is 0 Å². The Kier molecular flexibility index (Phi) is 1.27. The van der Waals surface area contributed by atoms with Crippen molar-refractivity contribution in [2.75, 3.05) is 0 Å². The molecule has 3 heteroatoms. The molecule has 0 aliphatic rings. The van der Waals surface area contributed by atoms with Crippen molar-refractivity contribution >= 4 is 10.9 Å². The predicted octanol–water partition coefficient (Wildman–Crippen LogP) is 1.89. The maximum absolute atomic E-state index is 9.32. The lowest BCUT2D eigenvalue weighted by Crippen LogP contribution is -1.84. The van der Waals surface area contributed by atoms with E-state index in [9.17, 15) is 5.21 Å². The van der Waals surface area contributed by atoms with E-state index >= 15 is 0 Å². The van der Waals surface area contributed by atoms with Crippen molar-refractivity contribution < 1.29 is 10.3 Å². The average Bonchev–Trinajstić information content (AvgIpc) is 2.28. The molecular formula is C9H9NO2. The lowest BCUT2D eigenvalue weighted by atomic mass is 10.2. The van der Waals surface area contributed by atoms with Gasteiger partial charge in [-0.15, -0.1) is 0 Å². The monoisotopic (exact) mass is 163 g/mol. The molecule has 0 amide bonds. The van der Waals surface area contributed by atoms with E-state index in [2.05, 4.69) is 0 Å². The van der Waals surface area contributed by atoms with Crippen LogP contribution in [0.25, 0.3) is 10.9 Å². The van der Waals surface area contributed by atoms with Crippen LogP contribution in [0.3, 0.4) is 0 Å². The molecule has 62 valence electrons. The number of rotatable bonds is 0. The third kappa shape index (κ3) is 0.830. The van der Waals surface area contributed by atoms with Crippen LogP contribution >= 0.6 is 0 Å². The van der Waals surface area contributed by atoms with E-state index in [1.165, 1.54) is 6.07 Å². The summed E-state index contributed by atoms with van der Waals surface area (Å²) in [6.45, 7) is 1.91. The molecule has 1 aromatic carbocycles. The molecule has 0 saturated heterocycles. The Balaban J connectivity index is 2.90. The van der Waals surface area contributed by atoms with Gasteiger partial charge in [0, 0.05) is 17.6 Å². The highest BCUT2D eigenvalue weighted by Crippen LogP contribution is 2.23. The normalized spacial score (nSPS) is 10.8. The summed E-state index contributed by atoms with van der Waals surface area (Å²) in [5.74, 6) is 0.163. The number of phenolic OH excluding ortho intramolecular Hbond substituents is 1. The Morgan fingerprint density at radius 3 is 2.83 bits per heavy atom. The molecule has 1 aromatic heterocycles. The second kappa shape index (κ2) is 2.17. The first-order chi connectivity index (χ1) is 5.68. The zero-order chi connectivity index (χ0) is 8.72. The van der Waals surface area contributed by atoms with Gasteiger partial charge in [-0.25, -0.2) is 0 Å². The van der Waals surface area contributed by atoms with Crippen molar-refractivity contribution in [3.05, 3.63) is 30.0 Å². The fourth-order valence-electron chi connectivity index (χ4n) is 1.37. The van der Waals surface area contributed by atoms with Gasteiger partial charge in [-0.05, 0) is 24.6 Å². The van der Waals surface area contributed by atoms with Crippen LogP contribution in [-0.2, 0) is 0 Å². The molecular weight excluding hydrogens is 154 g/mol. The summed E-state index contributed by atoms with van der Waals surface area (Å²) >= 11 is 0. The fourth-order valence-corrected chi connectivity index (χ4v) is 1.37. The second-order valence-corrected chi connectivity index (χ2v) is 2.86. The van der Waals surface area contributed by atoms with E-state index in [0.717, 1.165) is 15.7 Å². The number of aromatic hydroxyl groups is 1. The van der Waals surface area contributed by atoms with Gasteiger partial charge in [-0.2, -0.15) is 4.73 Å². The molecule has 0 saturated carbocycles. The summed E-state index contributed by atoms with van der Waals surface area (Å²) in [4.78, 5) is 0.